The summed E-state index contributed by atoms with van der Waals surface area (Å²) in [6, 6.07) is 2.52. The second-order valence-corrected chi connectivity index (χ2v) is 7.66. The Morgan fingerprint density at radius 1 is 1.42 bits per heavy atom. The molecule has 0 spiro atoms. The van der Waals surface area contributed by atoms with Gasteiger partial charge in [0.2, 0.25) is 0 Å². The predicted molar refractivity (Wildman–Crippen MR) is 86.7 cm³/mol. The molecule has 1 atom stereocenters. The summed E-state index contributed by atoms with van der Waals surface area (Å²) in [7, 11) is 6.60. The molecule has 2 N–H and O–H groups in total. The van der Waals surface area contributed by atoms with Gasteiger partial charge in [0.05, 0.1) is 6.04 Å². The summed E-state index contributed by atoms with van der Waals surface area (Å²) in [5.41, 5.74) is 6.36. The molecular formula is C14H24BrN3S. The van der Waals surface area contributed by atoms with Crippen LogP contribution in [0.4, 0.5) is 0 Å². The molecule has 1 aromatic heterocycles. The van der Waals surface area contributed by atoms with Crippen LogP contribution in [0.5, 0.6) is 0 Å². The molecule has 0 aromatic carbocycles. The minimum Gasteiger partial charge on any atom is -0.329 e. The normalized spacial score (nSPS) is 19.7. The van der Waals surface area contributed by atoms with Crippen LogP contribution < -0.4 is 5.73 Å². The van der Waals surface area contributed by atoms with Gasteiger partial charge < -0.3 is 10.6 Å². The van der Waals surface area contributed by atoms with Gasteiger partial charge in [-0.1, -0.05) is 0 Å². The van der Waals surface area contributed by atoms with Gasteiger partial charge in [0.15, 0.2) is 0 Å². The maximum Gasteiger partial charge on any atom is 0.0562 e. The summed E-state index contributed by atoms with van der Waals surface area (Å²) in [4.78, 5) is 6.17. The number of hydrogen-bond acceptors (Lipinski definition) is 4. The molecule has 0 aliphatic heterocycles. The molecule has 0 amide bonds. The standard InChI is InChI=1S/C14H24BrN3S/c1-17(2)14(5-4-6-14)10-18(3)12(8-16)13-7-11(15)9-19-13/h7,9,12H,4-6,8,10,16H2,1-3H3. The second-order valence-electron chi connectivity index (χ2n) is 5.81. The van der Waals surface area contributed by atoms with E-state index < -0.39 is 0 Å². The third kappa shape index (κ3) is 3.22. The molecule has 0 bridgehead atoms. The number of thiophene rings is 1. The Kier molecular flexibility index (Phi) is 5.06. The molecule has 0 radical (unpaired) electrons. The lowest BCUT2D eigenvalue weighted by atomic mass is 9.75. The molecular weight excluding hydrogens is 322 g/mol. The van der Waals surface area contributed by atoms with Gasteiger partial charge in [0, 0.05) is 33.4 Å². The molecule has 108 valence electrons. The Hall–Kier alpha value is 0.0600. The van der Waals surface area contributed by atoms with Crippen LogP contribution in [0, 0.1) is 0 Å². The van der Waals surface area contributed by atoms with Gasteiger partial charge in [-0.15, -0.1) is 11.3 Å². The number of rotatable bonds is 6. The first-order valence-corrected chi connectivity index (χ1v) is 8.47. The van der Waals surface area contributed by atoms with Crippen molar-refractivity contribution in [3.05, 3.63) is 20.8 Å². The largest absolute Gasteiger partial charge is 0.329 e. The second kappa shape index (κ2) is 6.22. The van der Waals surface area contributed by atoms with Crippen LogP contribution in [0.15, 0.2) is 15.9 Å². The topological polar surface area (TPSA) is 32.5 Å². The molecule has 3 nitrogen and oxygen atoms in total. The number of likely N-dealkylation sites (N-methyl/N-ethyl adjacent to an activating group) is 2. The van der Waals surface area contributed by atoms with Crippen LogP contribution in [-0.4, -0.2) is 49.6 Å². The molecule has 2 rings (SSSR count). The van der Waals surface area contributed by atoms with Crippen LogP contribution >= 0.6 is 27.3 Å². The molecule has 1 aromatic rings. The van der Waals surface area contributed by atoms with E-state index in [9.17, 15) is 0 Å². The lowest BCUT2D eigenvalue weighted by molar-refractivity contribution is 0.0172. The fourth-order valence-corrected chi connectivity index (χ4v) is 4.55. The monoisotopic (exact) mass is 345 g/mol. The van der Waals surface area contributed by atoms with E-state index in [0.717, 1.165) is 11.0 Å². The molecule has 1 aliphatic rings. The summed E-state index contributed by atoms with van der Waals surface area (Å²) < 4.78 is 1.16. The number of nitrogens with two attached hydrogens (primary N) is 1. The quantitative estimate of drug-likeness (QED) is 0.860. The van der Waals surface area contributed by atoms with E-state index in [1.807, 2.05) is 0 Å². The van der Waals surface area contributed by atoms with Crippen LogP contribution in [0.3, 0.4) is 0 Å². The summed E-state index contributed by atoms with van der Waals surface area (Å²) in [6.45, 7) is 1.77. The average Bonchev–Trinajstić information content (AvgIpc) is 2.70. The Labute approximate surface area is 128 Å². The Bertz CT molecular complexity index is 415. The van der Waals surface area contributed by atoms with Crippen LogP contribution in [0.1, 0.15) is 30.2 Å². The van der Waals surface area contributed by atoms with Gasteiger partial charge in [-0.25, -0.2) is 0 Å². The van der Waals surface area contributed by atoms with Gasteiger partial charge in [-0.05, 0) is 62.4 Å². The van der Waals surface area contributed by atoms with Crippen molar-refractivity contribution in [1.29, 1.82) is 0 Å². The fraction of sp³-hybridized carbons (Fsp3) is 0.714. The highest BCUT2D eigenvalue weighted by atomic mass is 79.9. The Balaban J connectivity index is 2.07. The zero-order chi connectivity index (χ0) is 14.0. The highest BCUT2D eigenvalue weighted by molar-refractivity contribution is 9.10. The smallest absolute Gasteiger partial charge is 0.0562 e. The molecule has 5 heteroatoms. The van der Waals surface area contributed by atoms with Gasteiger partial charge in [-0.3, -0.25) is 4.90 Å². The van der Waals surface area contributed by atoms with Crippen molar-refractivity contribution in [1.82, 2.24) is 9.80 Å². The van der Waals surface area contributed by atoms with Crippen LogP contribution in [0.2, 0.25) is 0 Å². The first-order chi connectivity index (χ1) is 8.98. The molecule has 1 aliphatic carbocycles. The van der Waals surface area contributed by atoms with Gasteiger partial charge >= 0.3 is 0 Å². The number of nitrogens with zero attached hydrogens (tertiary/aromatic N) is 2. The van der Waals surface area contributed by atoms with E-state index in [1.165, 1.54) is 24.1 Å². The van der Waals surface area contributed by atoms with Gasteiger partial charge in [-0.2, -0.15) is 0 Å². The lowest BCUT2D eigenvalue weighted by Crippen LogP contribution is -2.57. The van der Waals surface area contributed by atoms with E-state index in [0.29, 0.717) is 18.1 Å². The van der Waals surface area contributed by atoms with E-state index in [-0.39, 0.29) is 0 Å². The highest BCUT2D eigenvalue weighted by Gasteiger charge is 2.40. The van der Waals surface area contributed by atoms with Crippen molar-refractivity contribution >= 4 is 27.3 Å². The highest BCUT2D eigenvalue weighted by Crippen LogP contribution is 2.38. The number of hydrogen-bond donors (Lipinski definition) is 1. The number of halogens is 1. The maximum absolute atomic E-state index is 6.01. The molecule has 1 saturated carbocycles. The lowest BCUT2D eigenvalue weighted by Gasteiger charge is -2.50. The minimum atomic E-state index is 0.328. The average molecular weight is 346 g/mol. The van der Waals surface area contributed by atoms with Crippen LogP contribution in [0.25, 0.3) is 0 Å². The first-order valence-electron chi connectivity index (χ1n) is 6.80. The van der Waals surface area contributed by atoms with E-state index in [4.69, 9.17) is 5.73 Å². The zero-order valence-electron chi connectivity index (χ0n) is 12.0. The molecule has 19 heavy (non-hydrogen) atoms. The fourth-order valence-electron chi connectivity index (χ4n) is 2.92. The van der Waals surface area contributed by atoms with E-state index in [2.05, 4.69) is 58.3 Å². The van der Waals surface area contributed by atoms with Crippen molar-refractivity contribution in [2.45, 2.75) is 30.8 Å². The van der Waals surface area contributed by atoms with Crippen molar-refractivity contribution in [3.63, 3.8) is 0 Å². The molecule has 1 fully saturated rings. The third-order valence-corrected chi connectivity index (χ3v) is 6.24. The summed E-state index contributed by atoms with van der Waals surface area (Å²) in [5, 5.41) is 2.14. The summed E-state index contributed by atoms with van der Waals surface area (Å²) >= 11 is 5.32. The predicted octanol–water partition coefficient (Wildman–Crippen LogP) is 2.93. The van der Waals surface area contributed by atoms with Crippen molar-refractivity contribution in [3.8, 4) is 0 Å². The maximum atomic E-state index is 6.01. The van der Waals surface area contributed by atoms with Gasteiger partial charge in [0.25, 0.3) is 0 Å². The molecule has 1 heterocycles. The summed E-state index contributed by atoms with van der Waals surface area (Å²) in [6.07, 6.45) is 3.95. The third-order valence-electron chi connectivity index (χ3n) is 4.45. The SMILES string of the molecule is CN(CC1(N(C)C)CCC1)C(CN)c1cc(Br)cs1. The minimum absolute atomic E-state index is 0.328. The van der Waals surface area contributed by atoms with Gasteiger partial charge in [0.1, 0.15) is 0 Å². The van der Waals surface area contributed by atoms with Crippen molar-refractivity contribution in [2.24, 2.45) is 5.73 Å². The van der Waals surface area contributed by atoms with Crippen LogP contribution in [-0.2, 0) is 0 Å². The Morgan fingerprint density at radius 2 is 2.11 bits per heavy atom. The van der Waals surface area contributed by atoms with E-state index >= 15 is 0 Å². The zero-order valence-corrected chi connectivity index (χ0v) is 14.4. The first kappa shape index (κ1) is 15.4. The van der Waals surface area contributed by atoms with E-state index in [1.54, 1.807) is 11.3 Å². The Morgan fingerprint density at radius 3 is 2.47 bits per heavy atom. The molecule has 1 unspecified atom stereocenters. The summed E-state index contributed by atoms with van der Waals surface area (Å²) in [5.74, 6) is 0. The van der Waals surface area contributed by atoms with Crippen molar-refractivity contribution in [2.75, 3.05) is 34.2 Å². The molecule has 0 saturated heterocycles. The van der Waals surface area contributed by atoms with Crippen molar-refractivity contribution < 1.29 is 0 Å².